The Kier molecular flexibility index (Phi) is 5.32. The molecular formula is C11H22N2O4. The topological polar surface area (TPSA) is 84.2 Å². The number of hydrogen-bond donors (Lipinski definition) is 3. The van der Waals surface area contributed by atoms with Gasteiger partial charge in [-0.25, -0.2) is 0 Å². The summed E-state index contributed by atoms with van der Waals surface area (Å²) < 4.78 is 0. The summed E-state index contributed by atoms with van der Waals surface area (Å²) in [5, 5.41) is 27.8. The zero-order valence-electron chi connectivity index (χ0n) is 10.4. The Labute approximate surface area is 101 Å². The van der Waals surface area contributed by atoms with Crippen LogP contribution < -0.4 is 0 Å². The van der Waals surface area contributed by atoms with Crippen LogP contribution in [0.25, 0.3) is 0 Å². The number of carbonyl (C=O) groups is 1. The number of rotatable bonds is 6. The van der Waals surface area contributed by atoms with Crippen molar-refractivity contribution < 1.29 is 20.1 Å². The molecule has 0 radical (unpaired) electrons. The molecule has 0 amide bonds. The van der Waals surface area contributed by atoms with Crippen LogP contribution in [0.3, 0.4) is 0 Å². The lowest BCUT2D eigenvalue weighted by atomic mass is 10.2. The minimum Gasteiger partial charge on any atom is -0.481 e. The maximum Gasteiger partial charge on any atom is 0.306 e. The van der Waals surface area contributed by atoms with Gasteiger partial charge in [-0.1, -0.05) is 0 Å². The Morgan fingerprint density at radius 3 is 2.71 bits per heavy atom. The van der Waals surface area contributed by atoms with Crippen molar-refractivity contribution in [1.29, 1.82) is 0 Å². The fraction of sp³-hybridized carbons (Fsp3) is 0.909. The number of carboxylic acids is 1. The van der Waals surface area contributed by atoms with Gasteiger partial charge >= 0.3 is 5.97 Å². The van der Waals surface area contributed by atoms with Crippen LogP contribution in [-0.4, -0.2) is 83.1 Å². The van der Waals surface area contributed by atoms with Crippen molar-refractivity contribution in [3.05, 3.63) is 0 Å². The van der Waals surface area contributed by atoms with E-state index in [4.69, 9.17) is 5.11 Å². The van der Waals surface area contributed by atoms with Crippen molar-refractivity contribution in [2.75, 3.05) is 33.7 Å². The van der Waals surface area contributed by atoms with Crippen molar-refractivity contribution in [2.45, 2.75) is 31.1 Å². The molecule has 0 aliphatic carbocycles. The minimum absolute atomic E-state index is 0.184. The van der Waals surface area contributed by atoms with Crippen LogP contribution in [0.5, 0.6) is 0 Å². The fourth-order valence-corrected chi connectivity index (χ4v) is 2.33. The van der Waals surface area contributed by atoms with Crippen LogP contribution in [0, 0.1) is 0 Å². The van der Waals surface area contributed by atoms with E-state index < -0.39 is 12.1 Å². The van der Waals surface area contributed by atoms with E-state index in [1.807, 2.05) is 23.9 Å². The van der Waals surface area contributed by atoms with E-state index in [-0.39, 0.29) is 18.6 Å². The summed E-state index contributed by atoms with van der Waals surface area (Å²) in [6.45, 7) is 1.62. The molecule has 1 aliphatic heterocycles. The third-order valence-electron chi connectivity index (χ3n) is 2.94. The normalized spacial score (nSPS) is 27.6. The van der Waals surface area contributed by atoms with Gasteiger partial charge in [-0.15, -0.1) is 0 Å². The molecule has 0 bridgehead atoms. The lowest BCUT2D eigenvalue weighted by Gasteiger charge is -2.28. The van der Waals surface area contributed by atoms with Crippen molar-refractivity contribution in [3.8, 4) is 0 Å². The highest BCUT2D eigenvalue weighted by Crippen LogP contribution is 2.19. The number of likely N-dealkylation sites (tertiary alicyclic amines) is 1. The van der Waals surface area contributed by atoms with E-state index in [0.717, 1.165) is 6.54 Å². The third kappa shape index (κ3) is 4.99. The first-order chi connectivity index (χ1) is 7.88. The first-order valence-corrected chi connectivity index (χ1v) is 5.85. The molecule has 1 rings (SSSR count). The molecule has 1 fully saturated rings. The fourth-order valence-electron chi connectivity index (χ4n) is 2.33. The number of hydrogen-bond acceptors (Lipinski definition) is 5. The van der Waals surface area contributed by atoms with E-state index in [1.165, 1.54) is 0 Å². The van der Waals surface area contributed by atoms with Crippen LogP contribution in [-0.2, 0) is 4.79 Å². The molecule has 0 spiro atoms. The van der Waals surface area contributed by atoms with Gasteiger partial charge in [-0.2, -0.15) is 0 Å². The molecule has 0 aromatic rings. The molecular weight excluding hydrogens is 224 g/mol. The molecule has 17 heavy (non-hydrogen) atoms. The first-order valence-electron chi connectivity index (χ1n) is 5.85. The van der Waals surface area contributed by atoms with Gasteiger partial charge in [0.1, 0.15) is 0 Å². The van der Waals surface area contributed by atoms with Crippen LogP contribution in [0.1, 0.15) is 12.8 Å². The summed E-state index contributed by atoms with van der Waals surface area (Å²) in [6.07, 6.45) is -0.821. The van der Waals surface area contributed by atoms with Crippen molar-refractivity contribution in [2.24, 2.45) is 0 Å². The summed E-state index contributed by atoms with van der Waals surface area (Å²) in [6, 6.07) is 0.184. The Morgan fingerprint density at radius 1 is 1.53 bits per heavy atom. The van der Waals surface area contributed by atoms with Gasteiger partial charge < -0.3 is 20.2 Å². The second kappa shape index (κ2) is 6.30. The average Bonchev–Trinajstić information content (AvgIpc) is 2.43. The smallest absolute Gasteiger partial charge is 0.306 e. The quantitative estimate of drug-likeness (QED) is 0.547. The summed E-state index contributed by atoms with van der Waals surface area (Å²) in [5.74, 6) is -0.999. The molecule has 100 valence electrons. The average molecular weight is 246 g/mol. The molecule has 3 unspecified atom stereocenters. The monoisotopic (exact) mass is 246 g/mol. The highest BCUT2D eigenvalue weighted by atomic mass is 16.4. The van der Waals surface area contributed by atoms with Crippen LogP contribution in [0.15, 0.2) is 0 Å². The SMILES string of the molecule is CN(C)CC1CC(O)CN1CC(O)CC(=O)O. The highest BCUT2D eigenvalue weighted by molar-refractivity contribution is 5.67. The summed E-state index contributed by atoms with van der Waals surface area (Å²) in [7, 11) is 3.91. The zero-order valence-corrected chi connectivity index (χ0v) is 10.4. The van der Waals surface area contributed by atoms with Gasteiger partial charge in [0.05, 0.1) is 18.6 Å². The molecule has 1 heterocycles. The van der Waals surface area contributed by atoms with Gasteiger partial charge in [-0.05, 0) is 20.5 Å². The van der Waals surface area contributed by atoms with Crippen molar-refractivity contribution in [3.63, 3.8) is 0 Å². The maximum atomic E-state index is 10.5. The second-order valence-electron chi connectivity index (χ2n) is 5.01. The van der Waals surface area contributed by atoms with Gasteiger partial charge in [-0.3, -0.25) is 9.69 Å². The Balaban J connectivity index is 2.46. The van der Waals surface area contributed by atoms with E-state index >= 15 is 0 Å². The molecule has 3 atom stereocenters. The summed E-state index contributed by atoms with van der Waals surface area (Å²) in [5.41, 5.74) is 0. The van der Waals surface area contributed by atoms with Gasteiger partial charge in [0.25, 0.3) is 0 Å². The molecule has 6 heteroatoms. The number of nitrogens with zero attached hydrogens (tertiary/aromatic N) is 2. The lowest BCUT2D eigenvalue weighted by Crippen LogP contribution is -2.42. The largest absolute Gasteiger partial charge is 0.481 e. The predicted molar refractivity (Wildman–Crippen MR) is 62.8 cm³/mol. The number of carboxylic acid groups (broad SMARTS) is 1. The lowest BCUT2D eigenvalue weighted by molar-refractivity contribution is -0.139. The zero-order chi connectivity index (χ0) is 13.0. The molecule has 1 saturated heterocycles. The summed E-state index contributed by atoms with van der Waals surface area (Å²) in [4.78, 5) is 14.5. The third-order valence-corrected chi connectivity index (χ3v) is 2.94. The number of aliphatic hydroxyl groups excluding tert-OH is 2. The Morgan fingerprint density at radius 2 is 2.18 bits per heavy atom. The molecule has 6 nitrogen and oxygen atoms in total. The van der Waals surface area contributed by atoms with Crippen LogP contribution >= 0.6 is 0 Å². The highest BCUT2D eigenvalue weighted by Gasteiger charge is 2.32. The minimum atomic E-state index is -0.999. The number of aliphatic carboxylic acids is 1. The molecule has 0 aromatic carbocycles. The van der Waals surface area contributed by atoms with Crippen LogP contribution in [0.2, 0.25) is 0 Å². The van der Waals surface area contributed by atoms with Gasteiger partial charge in [0.2, 0.25) is 0 Å². The number of likely N-dealkylation sites (N-methyl/N-ethyl adjacent to an activating group) is 1. The van der Waals surface area contributed by atoms with Gasteiger partial charge in [0, 0.05) is 25.7 Å². The van der Waals surface area contributed by atoms with E-state index in [1.54, 1.807) is 0 Å². The molecule has 0 saturated carbocycles. The Bertz CT molecular complexity index is 260. The number of β-amino-alcohol motifs (C(OH)–C–C–N with tert-alkyl or cyclic N) is 2. The summed E-state index contributed by atoms with van der Waals surface area (Å²) >= 11 is 0. The van der Waals surface area contributed by atoms with E-state index in [0.29, 0.717) is 19.5 Å². The van der Waals surface area contributed by atoms with Crippen molar-refractivity contribution in [1.82, 2.24) is 9.80 Å². The molecule has 3 N–H and O–H groups in total. The first kappa shape index (κ1) is 14.4. The van der Waals surface area contributed by atoms with E-state index in [2.05, 4.69) is 0 Å². The maximum absolute atomic E-state index is 10.5. The molecule has 0 aromatic heterocycles. The number of aliphatic hydroxyl groups is 2. The van der Waals surface area contributed by atoms with Crippen LogP contribution in [0.4, 0.5) is 0 Å². The Hall–Kier alpha value is -0.690. The predicted octanol–water partition coefficient (Wildman–Crippen LogP) is -1.18. The van der Waals surface area contributed by atoms with Crippen molar-refractivity contribution >= 4 is 5.97 Å². The molecule has 1 aliphatic rings. The standard InChI is InChI=1S/C11H22N2O4/c1-12(2)5-8-3-9(14)6-13(8)7-10(15)4-11(16)17/h8-10,14-15H,3-7H2,1-2H3,(H,16,17). The van der Waals surface area contributed by atoms with Gasteiger partial charge in [0.15, 0.2) is 0 Å². The van der Waals surface area contributed by atoms with E-state index in [9.17, 15) is 15.0 Å². The second-order valence-corrected chi connectivity index (χ2v) is 5.01.